The zero-order chi connectivity index (χ0) is 11.3. The van der Waals surface area contributed by atoms with Crippen LogP contribution >= 0.6 is 0 Å². The predicted octanol–water partition coefficient (Wildman–Crippen LogP) is 4.55. The number of benzene rings is 1. The average molecular weight is 204 g/mol. The fourth-order valence-corrected chi connectivity index (χ4v) is 2.41. The van der Waals surface area contributed by atoms with E-state index in [0.29, 0.717) is 0 Å². The molecule has 0 saturated heterocycles. The number of hydrogen-bond acceptors (Lipinski definition) is 0. The van der Waals surface area contributed by atoms with Crippen LogP contribution in [0.4, 0.5) is 0 Å². The van der Waals surface area contributed by atoms with Gasteiger partial charge < -0.3 is 0 Å². The second-order valence-corrected chi connectivity index (χ2v) is 5.18. The lowest BCUT2D eigenvalue weighted by Gasteiger charge is -2.24. The van der Waals surface area contributed by atoms with Crippen molar-refractivity contribution in [2.75, 3.05) is 0 Å². The molecular weight excluding hydrogens is 180 g/mol. The van der Waals surface area contributed by atoms with Crippen LogP contribution in [0.15, 0.2) is 30.3 Å². The Hall–Kier alpha value is -0.780. The van der Waals surface area contributed by atoms with Crippen LogP contribution in [0, 0.1) is 17.8 Å². The molecule has 0 spiro atoms. The molecule has 0 aliphatic carbocycles. The average Bonchev–Trinajstić information content (AvgIpc) is 2.18. The first-order valence-corrected chi connectivity index (χ1v) is 6.15. The van der Waals surface area contributed by atoms with E-state index in [1.807, 2.05) is 0 Å². The molecule has 0 saturated carbocycles. The third-order valence-corrected chi connectivity index (χ3v) is 3.32. The van der Waals surface area contributed by atoms with Crippen molar-refractivity contribution in [1.29, 1.82) is 0 Å². The van der Waals surface area contributed by atoms with Crippen molar-refractivity contribution >= 4 is 0 Å². The lowest BCUT2D eigenvalue weighted by atomic mass is 9.81. The van der Waals surface area contributed by atoms with E-state index in [1.165, 1.54) is 18.4 Å². The topological polar surface area (TPSA) is 0 Å². The quantitative estimate of drug-likeness (QED) is 0.660. The number of hydrogen-bond donors (Lipinski definition) is 0. The van der Waals surface area contributed by atoms with E-state index in [0.717, 1.165) is 17.8 Å². The molecule has 0 heterocycles. The Morgan fingerprint density at radius 2 is 1.40 bits per heavy atom. The molecule has 0 atom stereocenters. The third-order valence-electron chi connectivity index (χ3n) is 3.32. The summed E-state index contributed by atoms with van der Waals surface area (Å²) in [4.78, 5) is 0. The molecule has 0 bridgehead atoms. The van der Waals surface area contributed by atoms with Crippen molar-refractivity contribution in [1.82, 2.24) is 0 Å². The Bertz CT molecular complexity index is 251. The molecule has 0 aromatic heterocycles. The summed E-state index contributed by atoms with van der Waals surface area (Å²) >= 11 is 0. The van der Waals surface area contributed by atoms with Gasteiger partial charge >= 0.3 is 0 Å². The molecule has 1 rings (SSSR count). The van der Waals surface area contributed by atoms with Crippen molar-refractivity contribution < 1.29 is 0 Å². The zero-order valence-electron chi connectivity index (χ0n) is 10.5. The van der Waals surface area contributed by atoms with Gasteiger partial charge in [-0.2, -0.15) is 0 Å². The normalized spacial score (nSPS) is 11.7. The minimum Gasteiger partial charge on any atom is -0.0625 e. The van der Waals surface area contributed by atoms with E-state index < -0.39 is 0 Å². The summed E-state index contributed by atoms with van der Waals surface area (Å²) < 4.78 is 0. The first-order valence-electron chi connectivity index (χ1n) is 6.15. The van der Waals surface area contributed by atoms with E-state index in [2.05, 4.69) is 58.0 Å². The molecule has 0 nitrogen and oxygen atoms in total. The molecule has 0 aliphatic heterocycles. The predicted molar refractivity (Wildman–Crippen MR) is 67.9 cm³/mol. The van der Waals surface area contributed by atoms with Gasteiger partial charge in [0, 0.05) is 0 Å². The standard InChI is InChI=1S/C15H24/c1-12(2)15(13(3)4)11-10-14-8-6-5-7-9-14/h5-9,12-13,15H,10-11H2,1-4H3. The Labute approximate surface area is 94.7 Å². The molecule has 1 aromatic rings. The second kappa shape index (κ2) is 5.95. The highest BCUT2D eigenvalue weighted by molar-refractivity contribution is 5.14. The van der Waals surface area contributed by atoms with Crippen LogP contribution in [-0.4, -0.2) is 0 Å². The summed E-state index contributed by atoms with van der Waals surface area (Å²) in [7, 11) is 0. The van der Waals surface area contributed by atoms with Gasteiger partial charge in [0.25, 0.3) is 0 Å². The largest absolute Gasteiger partial charge is 0.0625 e. The fourth-order valence-electron chi connectivity index (χ4n) is 2.41. The van der Waals surface area contributed by atoms with Crippen LogP contribution in [-0.2, 0) is 6.42 Å². The van der Waals surface area contributed by atoms with E-state index in [-0.39, 0.29) is 0 Å². The van der Waals surface area contributed by atoms with Gasteiger partial charge in [0.2, 0.25) is 0 Å². The molecule has 0 radical (unpaired) electrons. The lowest BCUT2D eigenvalue weighted by molar-refractivity contribution is 0.270. The van der Waals surface area contributed by atoms with Gasteiger partial charge in [0.1, 0.15) is 0 Å². The number of aryl methyl sites for hydroxylation is 1. The van der Waals surface area contributed by atoms with Crippen molar-refractivity contribution in [2.45, 2.75) is 40.5 Å². The SMILES string of the molecule is CC(C)C(CCc1ccccc1)C(C)C. The van der Waals surface area contributed by atoms with Gasteiger partial charge in [-0.25, -0.2) is 0 Å². The van der Waals surface area contributed by atoms with Crippen LogP contribution in [0.3, 0.4) is 0 Å². The first-order chi connectivity index (χ1) is 7.11. The Balaban J connectivity index is 2.47. The summed E-state index contributed by atoms with van der Waals surface area (Å²) in [5.74, 6) is 2.45. The Morgan fingerprint density at radius 3 is 1.87 bits per heavy atom. The Morgan fingerprint density at radius 1 is 0.867 bits per heavy atom. The van der Waals surface area contributed by atoms with Gasteiger partial charge in [-0.3, -0.25) is 0 Å². The van der Waals surface area contributed by atoms with Crippen LogP contribution in [0.5, 0.6) is 0 Å². The van der Waals surface area contributed by atoms with Gasteiger partial charge in [-0.1, -0.05) is 58.0 Å². The van der Waals surface area contributed by atoms with E-state index in [9.17, 15) is 0 Å². The Kier molecular flexibility index (Phi) is 4.87. The van der Waals surface area contributed by atoms with Gasteiger partial charge in [-0.15, -0.1) is 0 Å². The summed E-state index contributed by atoms with van der Waals surface area (Å²) in [6.45, 7) is 9.37. The van der Waals surface area contributed by atoms with Crippen LogP contribution < -0.4 is 0 Å². The zero-order valence-corrected chi connectivity index (χ0v) is 10.5. The monoisotopic (exact) mass is 204 g/mol. The third kappa shape index (κ3) is 4.07. The maximum atomic E-state index is 2.34. The molecule has 0 fully saturated rings. The fraction of sp³-hybridized carbons (Fsp3) is 0.600. The van der Waals surface area contributed by atoms with Gasteiger partial charge in [-0.05, 0) is 36.2 Å². The van der Waals surface area contributed by atoms with Gasteiger partial charge in [0.15, 0.2) is 0 Å². The first kappa shape index (κ1) is 12.3. The molecule has 0 aliphatic rings. The highest BCUT2D eigenvalue weighted by atomic mass is 14.2. The second-order valence-electron chi connectivity index (χ2n) is 5.18. The van der Waals surface area contributed by atoms with E-state index >= 15 is 0 Å². The summed E-state index contributed by atoms with van der Waals surface area (Å²) in [6.07, 6.45) is 2.54. The van der Waals surface area contributed by atoms with E-state index in [4.69, 9.17) is 0 Å². The van der Waals surface area contributed by atoms with Crippen LogP contribution in [0.25, 0.3) is 0 Å². The minimum atomic E-state index is 0.800. The molecular formula is C15H24. The van der Waals surface area contributed by atoms with Crippen molar-refractivity contribution in [3.05, 3.63) is 35.9 Å². The number of rotatable bonds is 5. The molecule has 15 heavy (non-hydrogen) atoms. The summed E-state index contributed by atoms with van der Waals surface area (Å²) in [5.41, 5.74) is 1.48. The van der Waals surface area contributed by atoms with E-state index in [1.54, 1.807) is 0 Å². The highest BCUT2D eigenvalue weighted by Gasteiger charge is 2.16. The van der Waals surface area contributed by atoms with Gasteiger partial charge in [0.05, 0.1) is 0 Å². The summed E-state index contributed by atoms with van der Waals surface area (Å²) in [6, 6.07) is 10.8. The molecule has 0 amide bonds. The van der Waals surface area contributed by atoms with Crippen molar-refractivity contribution in [2.24, 2.45) is 17.8 Å². The molecule has 1 aromatic carbocycles. The van der Waals surface area contributed by atoms with Crippen LogP contribution in [0.2, 0.25) is 0 Å². The van der Waals surface area contributed by atoms with Crippen LogP contribution in [0.1, 0.15) is 39.7 Å². The summed E-state index contributed by atoms with van der Waals surface area (Å²) in [5, 5.41) is 0. The maximum absolute atomic E-state index is 2.34. The molecule has 0 unspecified atom stereocenters. The van der Waals surface area contributed by atoms with Crippen molar-refractivity contribution in [3.63, 3.8) is 0 Å². The maximum Gasteiger partial charge on any atom is -0.0276 e. The van der Waals surface area contributed by atoms with Crippen molar-refractivity contribution in [3.8, 4) is 0 Å². The molecule has 0 N–H and O–H groups in total. The smallest absolute Gasteiger partial charge is 0.0276 e. The molecule has 84 valence electrons. The minimum absolute atomic E-state index is 0.800. The lowest BCUT2D eigenvalue weighted by Crippen LogP contribution is -2.16. The molecule has 0 heteroatoms. The highest BCUT2D eigenvalue weighted by Crippen LogP contribution is 2.25.